The minimum Gasteiger partial charge on any atom is -0.526 e. The van der Waals surface area contributed by atoms with Crippen molar-refractivity contribution >= 4 is 14.2 Å². The first-order valence-electron chi connectivity index (χ1n) is 3.06. The molecule has 11 heavy (non-hydrogen) atoms. The number of rotatable bonds is 4. The van der Waals surface area contributed by atoms with Crippen LogP contribution in [0.15, 0.2) is 30.3 Å². The first-order chi connectivity index (χ1) is 5.43. The lowest BCUT2D eigenvalue weighted by atomic mass is 10.3. The molecular weight excluding hydrogens is 143 g/mol. The average molecular weight is 149 g/mol. The molecule has 0 N–H and O–H groups in total. The minimum atomic E-state index is 0.295. The van der Waals surface area contributed by atoms with Crippen LogP contribution in [0.4, 0.5) is 0 Å². The lowest BCUT2D eigenvalue weighted by molar-refractivity contribution is -0.121. The Morgan fingerprint density at radius 2 is 2.00 bits per heavy atom. The number of benzene rings is 1. The molecule has 1 radical (unpaired) electrons. The third-order valence-corrected chi connectivity index (χ3v) is 1.04. The van der Waals surface area contributed by atoms with Crippen LogP contribution in [0.25, 0.3) is 0 Å². The van der Waals surface area contributed by atoms with Gasteiger partial charge < -0.3 is 9.31 Å². The molecule has 0 aliphatic heterocycles. The highest BCUT2D eigenvalue weighted by Crippen LogP contribution is 2.06. The van der Waals surface area contributed by atoms with E-state index in [1.54, 1.807) is 12.1 Å². The molecule has 55 valence electrons. The molecule has 1 aromatic rings. The van der Waals surface area contributed by atoms with E-state index in [1.807, 2.05) is 18.2 Å². The van der Waals surface area contributed by atoms with Gasteiger partial charge in [-0.1, -0.05) is 18.2 Å². The molecule has 0 aliphatic rings. The smallest absolute Gasteiger partial charge is 0.526 e. The average Bonchev–Trinajstić information content (AvgIpc) is 2.07. The summed E-state index contributed by atoms with van der Waals surface area (Å²) in [4.78, 5) is 9.66. The zero-order valence-electron chi connectivity index (χ0n) is 5.77. The molecule has 0 saturated carbocycles. The quantitative estimate of drug-likeness (QED) is 0.360. The predicted molar refractivity (Wildman–Crippen MR) is 40.0 cm³/mol. The molecule has 0 unspecified atom stereocenters. The summed E-state index contributed by atoms with van der Waals surface area (Å²) in [5, 5.41) is 0. The summed E-state index contributed by atoms with van der Waals surface area (Å²) in [6, 6.07) is 9.02. The zero-order chi connectivity index (χ0) is 7.94. The van der Waals surface area contributed by atoms with Crippen molar-refractivity contribution in [1.82, 2.24) is 0 Å². The van der Waals surface area contributed by atoms with Crippen LogP contribution >= 0.6 is 0 Å². The second-order valence-corrected chi connectivity index (χ2v) is 1.76. The van der Waals surface area contributed by atoms with Crippen LogP contribution in [-0.2, 0) is 9.45 Å². The van der Waals surface area contributed by atoms with Gasteiger partial charge in [0.25, 0.3) is 6.47 Å². The Bertz CT molecular complexity index is 212. The fourth-order valence-electron chi connectivity index (χ4n) is 0.605. The van der Waals surface area contributed by atoms with Gasteiger partial charge in [0.1, 0.15) is 5.75 Å². The number of carbonyl (C=O) groups excluding carboxylic acids is 1. The summed E-state index contributed by atoms with van der Waals surface area (Å²) in [5.41, 5.74) is 0. The van der Waals surface area contributed by atoms with Gasteiger partial charge in [-0.3, -0.25) is 4.79 Å². The normalized spacial score (nSPS) is 8.36. The SMILES string of the molecule is O=CO[B]Oc1ccccc1. The topological polar surface area (TPSA) is 35.5 Å². The van der Waals surface area contributed by atoms with Crippen LogP contribution in [0.1, 0.15) is 0 Å². The Morgan fingerprint density at radius 3 is 2.64 bits per heavy atom. The summed E-state index contributed by atoms with van der Waals surface area (Å²) >= 11 is 0. The van der Waals surface area contributed by atoms with E-state index in [9.17, 15) is 4.79 Å². The monoisotopic (exact) mass is 149 g/mol. The fourth-order valence-corrected chi connectivity index (χ4v) is 0.605. The summed E-state index contributed by atoms with van der Waals surface area (Å²) in [6.45, 7) is 0.295. The molecule has 0 bridgehead atoms. The van der Waals surface area contributed by atoms with E-state index < -0.39 is 0 Å². The van der Waals surface area contributed by atoms with Gasteiger partial charge in [0.15, 0.2) is 0 Å². The summed E-state index contributed by atoms with van der Waals surface area (Å²) in [5.74, 6) is 0.634. The Kier molecular flexibility index (Phi) is 3.05. The first-order valence-corrected chi connectivity index (χ1v) is 3.06. The number of carbonyl (C=O) groups is 1. The van der Waals surface area contributed by atoms with Crippen LogP contribution < -0.4 is 4.65 Å². The molecule has 0 amide bonds. The van der Waals surface area contributed by atoms with Crippen LogP contribution in [-0.4, -0.2) is 14.2 Å². The maximum Gasteiger partial charge on any atom is 0.659 e. The molecule has 1 rings (SSSR count). The lowest BCUT2D eigenvalue weighted by Gasteiger charge is -1.99. The predicted octanol–water partition coefficient (Wildman–Crippen LogP) is 0.773. The molecule has 0 saturated heterocycles. The van der Waals surface area contributed by atoms with Gasteiger partial charge >= 0.3 is 7.69 Å². The highest BCUT2D eigenvalue weighted by Gasteiger charge is 1.95. The Labute approximate surface area is 65.2 Å². The number of para-hydroxylation sites is 1. The van der Waals surface area contributed by atoms with Gasteiger partial charge in [-0.25, -0.2) is 0 Å². The van der Waals surface area contributed by atoms with Crippen LogP contribution in [0.3, 0.4) is 0 Å². The molecule has 1 aromatic carbocycles. The molecule has 0 aromatic heterocycles. The van der Waals surface area contributed by atoms with E-state index in [0.29, 0.717) is 12.2 Å². The van der Waals surface area contributed by atoms with Crippen LogP contribution in [0.2, 0.25) is 0 Å². The standard InChI is InChI=1S/C7H6BO3/c9-6-10-8-11-7-4-2-1-3-5-7/h1-6H. The second-order valence-electron chi connectivity index (χ2n) is 1.76. The van der Waals surface area contributed by atoms with Crippen molar-refractivity contribution in [1.29, 1.82) is 0 Å². The molecule has 3 nitrogen and oxygen atoms in total. The highest BCUT2D eigenvalue weighted by atomic mass is 16.6. The molecule has 0 heterocycles. The first kappa shape index (κ1) is 7.66. The zero-order valence-corrected chi connectivity index (χ0v) is 5.77. The Balaban J connectivity index is 2.33. The van der Waals surface area contributed by atoms with E-state index in [0.717, 1.165) is 7.69 Å². The number of hydrogen-bond acceptors (Lipinski definition) is 3. The van der Waals surface area contributed by atoms with Gasteiger partial charge in [-0.05, 0) is 12.1 Å². The van der Waals surface area contributed by atoms with Crippen molar-refractivity contribution < 1.29 is 14.1 Å². The van der Waals surface area contributed by atoms with E-state index in [1.165, 1.54) is 0 Å². The molecule has 0 aliphatic carbocycles. The fraction of sp³-hybridized carbons (Fsp3) is 0. The Hall–Kier alpha value is -1.45. The molecule has 0 spiro atoms. The van der Waals surface area contributed by atoms with Gasteiger partial charge in [0.2, 0.25) is 0 Å². The largest absolute Gasteiger partial charge is 0.659 e. The molecule has 0 atom stereocenters. The Morgan fingerprint density at radius 1 is 1.27 bits per heavy atom. The van der Waals surface area contributed by atoms with Crippen molar-refractivity contribution in [3.63, 3.8) is 0 Å². The molecule has 4 heteroatoms. The van der Waals surface area contributed by atoms with Crippen LogP contribution in [0, 0.1) is 0 Å². The summed E-state index contributed by atoms with van der Waals surface area (Å²) in [6.07, 6.45) is 0. The second kappa shape index (κ2) is 4.38. The maximum atomic E-state index is 9.66. The maximum absolute atomic E-state index is 9.66. The number of hydrogen-bond donors (Lipinski definition) is 0. The molecule has 0 fully saturated rings. The third-order valence-electron chi connectivity index (χ3n) is 1.04. The van der Waals surface area contributed by atoms with Gasteiger partial charge in [-0.2, -0.15) is 0 Å². The van der Waals surface area contributed by atoms with Crippen LogP contribution in [0.5, 0.6) is 5.75 Å². The molecular formula is C7H6BO3. The lowest BCUT2D eigenvalue weighted by Crippen LogP contribution is -2.05. The van der Waals surface area contributed by atoms with Gasteiger partial charge in [0.05, 0.1) is 0 Å². The van der Waals surface area contributed by atoms with Crippen molar-refractivity contribution in [2.75, 3.05) is 0 Å². The minimum absolute atomic E-state index is 0.295. The van der Waals surface area contributed by atoms with Crippen molar-refractivity contribution in [3.05, 3.63) is 30.3 Å². The van der Waals surface area contributed by atoms with E-state index >= 15 is 0 Å². The van der Waals surface area contributed by atoms with Gasteiger partial charge in [-0.15, -0.1) is 0 Å². The summed E-state index contributed by atoms with van der Waals surface area (Å²) in [7, 11) is 0.975. The third kappa shape index (κ3) is 2.75. The van der Waals surface area contributed by atoms with E-state index in [4.69, 9.17) is 4.65 Å². The summed E-state index contributed by atoms with van der Waals surface area (Å²) < 4.78 is 9.08. The highest BCUT2D eigenvalue weighted by molar-refractivity contribution is 6.21. The van der Waals surface area contributed by atoms with Gasteiger partial charge in [0, 0.05) is 0 Å². The van der Waals surface area contributed by atoms with Crippen molar-refractivity contribution in [2.24, 2.45) is 0 Å². The van der Waals surface area contributed by atoms with Crippen molar-refractivity contribution in [3.8, 4) is 5.75 Å². The van der Waals surface area contributed by atoms with E-state index in [-0.39, 0.29) is 0 Å². The van der Waals surface area contributed by atoms with E-state index in [2.05, 4.69) is 4.65 Å². The van der Waals surface area contributed by atoms with Crippen molar-refractivity contribution in [2.45, 2.75) is 0 Å².